The number of fused-ring (bicyclic) bond motifs is 1. The average Bonchev–Trinajstić information content (AvgIpc) is 2.66. The highest BCUT2D eigenvalue weighted by Crippen LogP contribution is 2.29. The number of nitrogen functional groups attached to an aromatic ring is 1. The molecule has 0 atom stereocenters. The highest BCUT2D eigenvalue weighted by Gasteiger charge is 2.14. The SMILES string of the molecule is Cc1ccc(-n2c(N)nc3cc(F)c(Br)cc32)c(C)c1. The summed E-state index contributed by atoms with van der Waals surface area (Å²) in [5.41, 5.74) is 10.6. The quantitative estimate of drug-likeness (QED) is 0.727. The third-order valence-corrected chi connectivity index (χ3v) is 3.92. The first-order chi connectivity index (χ1) is 9.47. The van der Waals surface area contributed by atoms with Crippen molar-refractivity contribution in [3.63, 3.8) is 0 Å². The molecule has 0 unspecified atom stereocenters. The van der Waals surface area contributed by atoms with E-state index in [2.05, 4.69) is 27.0 Å². The number of halogens is 2. The second kappa shape index (κ2) is 4.59. The summed E-state index contributed by atoms with van der Waals surface area (Å²) in [6, 6.07) is 9.19. The first-order valence-corrected chi connectivity index (χ1v) is 6.97. The lowest BCUT2D eigenvalue weighted by Crippen LogP contribution is -2.02. The van der Waals surface area contributed by atoms with Crippen LogP contribution in [0, 0.1) is 19.7 Å². The maximum absolute atomic E-state index is 13.6. The molecule has 0 aliphatic rings. The molecule has 0 radical (unpaired) electrons. The number of hydrogen-bond acceptors (Lipinski definition) is 2. The molecule has 2 N–H and O–H groups in total. The molecular weight excluding hydrogens is 321 g/mol. The number of imidazole rings is 1. The smallest absolute Gasteiger partial charge is 0.205 e. The fourth-order valence-corrected chi connectivity index (χ4v) is 2.73. The summed E-state index contributed by atoms with van der Waals surface area (Å²) < 4.78 is 15.8. The molecule has 0 amide bonds. The molecule has 102 valence electrons. The predicted octanol–water partition coefficient (Wildman–Crippen LogP) is 4.13. The lowest BCUT2D eigenvalue weighted by Gasteiger charge is -2.11. The van der Waals surface area contributed by atoms with E-state index >= 15 is 0 Å². The van der Waals surface area contributed by atoms with Crippen LogP contribution in [0.3, 0.4) is 0 Å². The van der Waals surface area contributed by atoms with E-state index in [4.69, 9.17) is 5.73 Å². The van der Waals surface area contributed by atoms with Crippen molar-refractivity contribution < 1.29 is 4.39 Å². The number of anilines is 1. The Kier molecular flexibility index (Phi) is 3.01. The molecule has 0 bridgehead atoms. The molecule has 0 saturated heterocycles. The normalized spacial score (nSPS) is 11.2. The highest BCUT2D eigenvalue weighted by molar-refractivity contribution is 9.10. The van der Waals surface area contributed by atoms with Crippen molar-refractivity contribution in [1.82, 2.24) is 9.55 Å². The summed E-state index contributed by atoms with van der Waals surface area (Å²) >= 11 is 3.21. The van der Waals surface area contributed by atoms with E-state index < -0.39 is 0 Å². The Labute approximate surface area is 124 Å². The molecular formula is C15H13BrFN3. The average molecular weight is 334 g/mol. The second-order valence-electron chi connectivity index (χ2n) is 4.85. The van der Waals surface area contributed by atoms with E-state index in [1.165, 1.54) is 11.6 Å². The van der Waals surface area contributed by atoms with Crippen LogP contribution in [0.4, 0.5) is 10.3 Å². The fraction of sp³-hybridized carbons (Fsp3) is 0.133. The van der Waals surface area contributed by atoms with Crippen LogP contribution in [-0.4, -0.2) is 9.55 Å². The maximum atomic E-state index is 13.6. The van der Waals surface area contributed by atoms with Crippen molar-refractivity contribution in [3.8, 4) is 5.69 Å². The van der Waals surface area contributed by atoms with Gasteiger partial charge in [0.2, 0.25) is 5.95 Å². The van der Waals surface area contributed by atoms with E-state index in [-0.39, 0.29) is 5.82 Å². The molecule has 0 aliphatic carbocycles. The van der Waals surface area contributed by atoms with E-state index in [1.807, 2.05) is 30.5 Å². The summed E-state index contributed by atoms with van der Waals surface area (Å²) in [5, 5.41) is 0. The van der Waals surface area contributed by atoms with Gasteiger partial charge in [0.15, 0.2) is 0 Å². The Hall–Kier alpha value is -1.88. The van der Waals surface area contributed by atoms with E-state index in [1.54, 1.807) is 6.07 Å². The topological polar surface area (TPSA) is 43.8 Å². The maximum Gasteiger partial charge on any atom is 0.205 e. The zero-order valence-corrected chi connectivity index (χ0v) is 12.7. The van der Waals surface area contributed by atoms with Gasteiger partial charge in [-0.3, -0.25) is 4.57 Å². The predicted molar refractivity (Wildman–Crippen MR) is 82.6 cm³/mol. The summed E-state index contributed by atoms with van der Waals surface area (Å²) in [6.07, 6.45) is 0. The van der Waals surface area contributed by atoms with Crippen LogP contribution in [0.1, 0.15) is 11.1 Å². The van der Waals surface area contributed by atoms with Gasteiger partial charge in [0.25, 0.3) is 0 Å². The summed E-state index contributed by atoms with van der Waals surface area (Å²) in [7, 11) is 0. The largest absolute Gasteiger partial charge is 0.369 e. The van der Waals surface area contributed by atoms with Crippen LogP contribution in [0.5, 0.6) is 0 Å². The van der Waals surface area contributed by atoms with E-state index in [0.717, 1.165) is 16.8 Å². The minimum absolute atomic E-state index is 0.345. The summed E-state index contributed by atoms with van der Waals surface area (Å²) in [6.45, 7) is 4.06. The molecule has 20 heavy (non-hydrogen) atoms. The van der Waals surface area contributed by atoms with Gasteiger partial charge >= 0.3 is 0 Å². The zero-order chi connectivity index (χ0) is 14.4. The number of hydrogen-bond donors (Lipinski definition) is 1. The Morgan fingerprint density at radius 2 is 1.95 bits per heavy atom. The third kappa shape index (κ3) is 1.98. The Morgan fingerprint density at radius 3 is 2.65 bits per heavy atom. The number of aromatic nitrogens is 2. The van der Waals surface area contributed by atoms with Gasteiger partial charge in [-0.25, -0.2) is 9.37 Å². The molecule has 0 fully saturated rings. The Morgan fingerprint density at radius 1 is 1.20 bits per heavy atom. The summed E-state index contributed by atoms with van der Waals surface area (Å²) in [4.78, 5) is 4.23. The molecule has 3 rings (SSSR count). The Balaban J connectivity index is 2.35. The number of nitrogens with zero attached hydrogens (tertiary/aromatic N) is 2. The van der Waals surface area contributed by atoms with Gasteiger partial charge in [-0.1, -0.05) is 17.7 Å². The van der Waals surface area contributed by atoms with Crippen LogP contribution in [0.25, 0.3) is 16.7 Å². The van der Waals surface area contributed by atoms with Crippen LogP contribution >= 0.6 is 15.9 Å². The molecule has 1 heterocycles. The van der Waals surface area contributed by atoms with Crippen LogP contribution in [-0.2, 0) is 0 Å². The molecule has 3 nitrogen and oxygen atoms in total. The van der Waals surface area contributed by atoms with Crippen molar-refractivity contribution in [3.05, 3.63) is 51.7 Å². The van der Waals surface area contributed by atoms with Gasteiger partial charge in [-0.05, 0) is 47.5 Å². The lowest BCUT2D eigenvalue weighted by molar-refractivity contribution is 0.623. The number of benzene rings is 2. The minimum Gasteiger partial charge on any atom is -0.369 e. The second-order valence-corrected chi connectivity index (χ2v) is 5.70. The van der Waals surface area contributed by atoms with Crippen molar-refractivity contribution in [2.75, 3.05) is 5.73 Å². The van der Waals surface area contributed by atoms with Gasteiger partial charge in [0.1, 0.15) is 5.82 Å². The number of aryl methyl sites for hydroxylation is 2. The number of nitrogens with two attached hydrogens (primary N) is 1. The standard InChI is InChI=1S/C15H13BrFN3/c1-8-3-4-13(9(2)5-8)20-14-6-10(16)11(17)7-12(14)19-15(20)18/h3-7H,1-2H3,(H2,18,19). The van der Waals surface area contributed by atoms with E-state index in [9.17, 15) is 4.39 Å². The van der Waals surface area contributed by atoms with E-state index in [0.29, 0.717) is 15.9 Å². The van der Waals surface area contributed by atoms with Gasteiger partial charge < -0.3 is 5.73 Å². The zero-order valence-electron chi connectivity index (χ0n) is 11.1. The number of rotatable bonds is 1. The highest BCUT2D eigenvalue weighted by atomic mass is 79.9. The molecule has 5 heteroatoms. The first-order valence-electron chi connectivity index (χ1n) is 6.18. The van der Waals surface area contributed by atoms with Gasteiger partial charge in [-0.2, -0.15) is 0 Å². The van der Waals surface area contributed by atoms with Crippen molar-refractivity contribution in [2.45, 2.75) is 13.8 Å². The molecule has 0 aliphatic heterocycles. The monoisotopic (exact) mass is 333 g/mol. The fourth-order valence-electron chi connectivity index (χ4n) is 2.40. The third-order valence-electron chi connectivity index (χ3n) is 3.32. The van der Waals surface area contributed by atoms with Crippen LogP contribution in [0.2, 0.25) is 0 Å². The molecule has 1 aromatic heterocycles. The van der Waals surface area contributed by atoms with Crippen molar-refractivity contribution >= 4 is 32.9 Å². The van der Waals surface area contributed by atoms with Crippen molar-refractivity contribution in [2.24, 2.45) is 0 Å². The lowest BCUT2D eigenvalue weighted by atomic mass is 10.1. The first kappa shape index (κ1) is 13.1. The van der Waals surface area contributed by atoms with Gasteiger partial charge in [0, 0.05) is 6.07 Å². The van der Waals surface area contributed by atoms with Crippen LogP contribution < -0.4 is 5.73 Å². The van der Waals surface area contributed by atoms with Gasteiger partial charge in [-0.15, -0.1) is 0 Å². The molecule has 0 spiro atoms. The Bertz CT molecular complexity index is 824. The molecule has 3 aromatic rings. The summed E-state index contributed by atoms with van der Waals surface area (Å²) in [5.74, 6) is 0.00670. The van der Waals surface area contributed by atoms with Crippen LogP contribution in [0.15, 0.2) is 34.8 Å². The molecule has 0 saturated carbocycles. The van der Waals surface area contributed by atoms with Gasteiger partial charge in [0.05, 0.1) is 21.2 Å². The van der Waals surface area contributed by atoms with Crippen molar-refractivity contribution in [1.29, 1.82) is 0 Å². The minimum atomic E-state index is -0.345. The molecule has 2 aromatic carbocycles.